The van der Waals surface area contributed by atoms with Gasteiger partial charge in [-0.2, -0.15) is 0 Å². The van der Waals surface area contributed by atoms with E-state index in [4.69, 9.17) is 9.47 Å². The molecule has 0 amide bonds. The zero-order valence-corrected chi connectivity index (χ0v) is 22.7. The zero-order valence-electron chi connectivity index (χ0n) is 22.7. The molecule has 2 saturated carbocycles. The van der Waals surface area contributed by atoms with Crippen molar-refractivity contribution in [3.8, 4) is 0 Å². The number of esters is 1. The van der Waals surface area contributed by atoms with Crippen LogP contribution in [-0.2, 0) is 19.1 Å². The number of Topliss-reactive ketones (excluding diaryl/α,β-unsaturated/α-hetero) is 1. The van der Waals surface area contributed by atoms with Gasteiger partial charge in [0.2, 0.25) is 0 Å². The third kappa shape index (κ3) is 3.66. The van der Waals surface area contributed by atoms with E-state index < -0.39 is 69.7 Å². The standard InChI is InChI=1S/C28H45NO7/c1-8-25(5)16-19(31)28(34)26(6)18(30)12-13-24(3,4)21(26)20(32)22(27(28,7)36-25)35-23(33)17(2)29-14-10-9-11-15-29/h8,17-18,20-22,30,32,34H,1,9-16H2,2-7H3/t17?,18-,20?,21?,22?,25-,26?,27+,28-/m0/s1. The Hall–Kier alpha value is -1.32. The molecule has 0 aromatic carbocycles. The Kier molecular flexibility index (Phi) is 6.83. The molecule has 4 aliphatic rings. The normalized spacial score (nSPS) is 47.9. The Morgan fingerprint density at radius 3 is 2.36 bits per heavy atom. The molecule has 2 aliphatic heterocycles. The molecule has 4 fully saturated rings. The van der Waals surface area contributed by atoms with Crippen molar-refractivity contribution in [3.63, 3.8) is 0 Å². The summed E-state index contributed by atoms with van der Waals surface area (Å²) in [6, 6.07) is -0.544. The fourth-order valence-corrected chi connectivity index (χ4v) is 8.16. The van der Waals surface area contributed by atoms with Crippen molar-refractivity contribution >= 4 is 11.8 Å². The van der Waals surface area contributed by atoms with Gasteiger partial charge >= 0.3 is 5.97 Å². The van der Waals surface area contributed by atoms with Crippen molar-refractivity contribution in [2.24, 2.45) is 16.7 Å². The summed E-state index contributed by atoms with van der Waals surface area (Å²) in [7, 11) is 0. The van der Waals surface area contributed by atoms with Crippen LogP contribution in [0.2, 0.25) is 0 Å². The largest absolute Gasteiger partial charge is 0.455 e. The minimum Gasteiger partial charge on any atom is -0.455 e. The van der Waals surface area contributed by atoms with Crippen molar-refractivity contribution in [3.05, 3.63) is 12.7 Å². The lowest BCUT2D eigenvalue weighted by Gasteiger charge is -2.71. The highest BCUT2D eigenvalue weighted by molar-refractivity contribution is 5.92. The lowest BCUT2D eigenvalue weighted by atomic mass is 9.40. The van der Waals surface area contributed by atoms with E-state index in [1.807, 2.05) is 13.8 Å². The first-order valence-corrected chi connectivity index (χ1v) is 13.5. The van der Waals surface area contributed by atoms with Crippen LogP contribution in [0.4, 0.5) is 0 Å². The number of nitrogens with zero attached hydrogens (tertiary/aromatic N) is 1. The smallest absolute Gasteiger partial charge is 0.323 e. The van der Waals surface area contributed by atoms with E-state index in [1.165, 1.54) is 13.0 Å². The van der Waals surface area contributed by atoms with Crippen molar-refractivity contribution in [2.75, 3.05) is 13.1 Å². The minimum absolute atomic E-state index is 0.140. The van der Waals surface area contributed by atoms with E-state index in [1.54, 1.807) is 20.8 Å². The number of carbonyl (C=O) groups excluding carboxylic acids is 2. The Labute approximate surface area is 215 Å². The first-order valence-electron chi connectivity index (χ1n) is 13.5. The SMILES string of the molecule is C=C[C@@]1(C)CC(=O)[C@]2(O)C3(C)C(C(O)C(OC(=O)C(C)N4CCCCC4)[C@@]2(C)O1)C(C)(C)CC[C@@H]3O. The van der Waals surface area contributed by atoms with Gasteiger partial charge in [-0.05, 0) is 65.0 Å². The van der Waals surface area contributed by atoms with Gasteiger partial charge in [-0.3, -0.25) is 14.5 Å². The maximum Gasteiger partial charge on any atom is 0.323 e. The number of fused-ring (bicyclic) bond motifs is 3. The molecule has 0 radical (unpaired) electrons. The van der Waals surface area contributed by atoms with E-state index in [9.17, 15) is 24.9 Å². The zero-order chi connectivity index (χ0) is 26.9. The quantitative estimate of drug-likeness (QED) is 0.392. The second-order valence-electron chi connectivity index (χ2n) is 13.0. The molecule has 204 valence electrons. The van der Waals surface area contributed by atoms with Gasteiger partial charge in [0.05, 0.1) is 17.8 Å². The predicted octanol–water partition coefficient (Wildman–Crippen LogP) is 2.37. The maximum absolute atomic E-state index is 13.9. The van der Waals surface area contributed by atoms with Gasteiger partial charge in [-0.1, -0.05) is 33.3 Å². The van der Waals surface area contributed by atoms with E-state index in [0.717, 1.165) is 32.4 Å². The van der Waals surface area contributed by atoms with Gasteiger partial charge in [-0.25, -0.2) is 0 Å². The fourth-order valence-electron chi connectivity index (χ4n) is 8.16. The molecule has 0 aromatic rings. The number of ether oxygens (including phenoxy) is 2. The number of hydrogen-bond donors (Lipinski definition) is 3. The Balaban J connectivity index is 1.83. The summed E-state index contributed by atoms with van der Waals surface area (Å²) in [6.45, 7) is 16.0. The van der Waals surface area contributed by atoms with E-state index in [0.29, 0.717) is 12.8 Å². The predicted molar refractivity (Wildman–Crippen MR) is 134 cm³/mol. The highest BCUT2D eigenvalue weighted by Crippen LogP contribution is 2.67. The van der Waals surface area contributed by atoms with Crippen LogP contribution in [0.1, 0.15) is 80.1 Å². The van der Waals surface area contributed by atoms with Crippen molar-refractivity contribution < 1.29 is 34.4 Å². The van der Waals surface area contributed by atoms with Crippen molar-refractivity contribution in [1.82, 2.24) is 4.90 Å². The molecule has 2 heterocycles. The summed E-state index contributed by atoms with van der Waals surface area (Å²) in [5.41, 5.74) is -7.14. The molecule has 3 N–H and O–H groups in total. The van der Waals surface area contributed by atoms with Crippen LogP contribution < -0.4 is 0 Å². The molecule has 9 atom stereocenters. The highest BCUT2D eigenvalue weighted by Gasteiger charge is 2.81. The van der Waals surface area contributed by atoms with Gasteiger partial charge in [0.1, 0.15) is 11.6 Å². The highest BCUT2D eigenvalue weighted by atomic mass is 16.6. The first-order chi connectivity index (χ1) is 16.6. The van der Waals surface area contributed by atoms with Crippen LogP contribution in [0, 0.1) is 16.7 Å². The van der Waals surface area contributed by atoms with E-state index >= 15 is 0 Å². The summed E-state index contributed by atoms with van der Waals surface area (Å²) in [6.07, 6.45) is 1.79. The Morgan fingerprint density at radius 2 is 1.78 bits per heavy atom. The minimum atomic E-state index is -2.21. The Bertz CT molecular complexity index is 916. The number of carbonyl (C=O) groups is 2. The van der Waals surface area contributed by atoms with E-state index in [2.05, 4.69) is 11.5 Å². The summed E-state index contributed by atoms with van der Waals surface area (Å²) < 4.78 is 12.6. The van der Waals surface area contributed by atoms with Crippen LogP contribution >= 0.6 is 0 Å². The second kappa shape index (κ2) is 8.87. The summed E-state index contributed by atoms with van der Waals surface area (Å²) in [5, 5.41) is 35.8. The van der Waals surface area contributed by atoms with Gasteiger partial charge in [0.15, 0.2) is 17.5 Å². The molecular weight excluding hydrogens is 462 g/mol. The van der Waals surface area contributed by atoms with Gasteiger partial charge in [0, 0.05) is 17.8 Å². The third-order valence-electron chi connectivity index (χ3n) is 10.2. The monoisotopic (exact) mass is 507 g/mol. The topological polar surface area (TPSA) is 117 Å². The lowest BCUT2D eigenvalue weighted by Crippen LogP contribution is -2.86. The molecule has 36 heavy (non-hydrogen) atoms. The number of aliphatic hydroxyl groups is 3. The molecule has 5 unspecified atom stereocenters. The van der Waals surface area contributed by atoms with Gasteiger partial charge in [-0.15, -0.1) is 6.58 Å². The summed E-state index contributed by atoms with van der Waals surface area (Å²) >= 11 is 0. The molecule has 0 aromatic heterocycles. The van der Waals surface area contributed by atoms with Crippen LogP contribution in [0.15, 0.2) is 12.7 Å². The van der Waals surface area contributed by atoms with Gasteiger partial charge < -0.3 is 24.8 Å². The molecule has 8 heteroatoms. The molecule has 2 saturated heterocycles. The average molecular weight is 508 g/mol. The van der Waals surface area contributed by atoms with Crippen LogP contribution in [0.5, 0.6) is 0 Å². The summed E-state index contributed by atoms with van der Waals surface area (Å²) in [4.78, 5) is 29.5. The molecule has 0 spiro atoms. The number of likely N-dealkylation sites (tertiary alicyclic amines) is 1. The second-order valence-corrected chi connectivity index (χ2v) is 13.0. The lowest BCUT2D eigenvalue weighted by molar-refractivity contribution is -0.371. The Morgan fingerprint density at radius 1 is 1.17 bits per heavy atom. The van der Waals surface area contributed by atoms with Crippen molar-refractivity contribution in [2.45, 2.75) is 121 Å². The molecular formula is C28H45NO7. The van der Waals surface area contributed by atoms with Crippen LogP contribution in [0.25, 0.3) is 0 Å². The third-order valence-corrected chi connectivity index (χ3v) is 10.2. The van der Waals surface area contributed by atoms with E-state index in [-0.39, 0.29) is 6.42 Å². The van der Waals surface area contributed by atoms with Crippen LogP contribution in [0.3, 0.4) is 0 Å². The van der Waals surface area contributed by atoms with Crippen molar-refractivity contribution in [1.29, 1.82) is 0 Å². The number of ketones is 1. The number of aliphatic hydroxyl groups excluding tert-OH is 2. The van der Waals surface area contributed by atoms with Crippen LogP contribution in [-0.4, -0.2) is 86.2 Å². The summed E-state index contributed by atoms with van der Waals surface area (Å²) in [5.74, 6) is -1.75. The molecule has 4 rings (SSSR count). The molecule has 0 bridgehead atoms. The maximum atomic E-state index is 13.9. The first kappa shape index (κ1) is 27.7. The fraction of sp³-hybridized carbons (Fsp3) is 0.857. The molecule has 2 aliphatic carbocycles. The van der Waals surface area contributed by atoms with Gasteiger partial charge in [0.25, 0.3) is 0 Å². The molecule has 8 nitrogen and oxygen atoms in total. The number of rotatable bonds is 4. The number of hydrogen-bond acceptors (Lipinski definition) is 8. The average Bonchev–Trinajstić information content (AvgIpc) is 2.82. The number of piperidine rings is 1.